The number of ketones is 1. The van der Waals surface area contributed by atoms with Crippen molar-refractivity contribution in [2.45, 2.75) is 25.3 Å². The van der Waals surface area contributed by atoms with Gasteiger partial charge in [0.15, 0.2) is 11.3 Å². The molecule has 1 aromatic heterocycles. The van der Waals surface area contributed by atoms with Crippen molar-refractivity contribution in [3.63, 3.8) is 0 Å². The highest BCUT2D eigenvalue weighted by Crippen LogP contribution is 2.17. The number of Topliss-reactive ketones (excluding diaryl/α,β-unsaturated/α-hetero) is 1. The third-order valence-electron chi connectivity index (χ3n) is 4.23. The van der Waals surface area contributed by atoms with Crippen LogP contribution in [-0.2, 0) is 9.59 Å². The fraction of sp³-hybridized carbons (Fsp3) is 0.562. The zero-order chi connectivity index (χ0) is 16.9. The molecule has 1 aliphatic heterocycles. The second kappa shape index (κ2) is 7.52. The summed E-state index contributed by atoms with van der Waals surface area (Å²) in [7, 11) is 0. The second-order valence-corrected chi connectivity index (χ2v) is 5.92. The predicted octanol–water partition coefficient (Wildman–Crippen LogP) is 0.355. The normalized spacial score (nSPS) is 18.4. The number of pyridine rings is 1. The number of hydrogen-bond acceptors (Lipinski definition) is 6. The van der Waals surface area contributed by atoms with Crippen molar-refractivity contribution in [3.05, 3.63) is 24.5 Å². The van der Waals surface area contributed by atoms with Gasteiger partial charge in [0.25, 0.3) is 0 Å². The Kier molecular flexibility index (Phi) is 5.68. The lowest BCUT2D eigenvalue weighted by atomic mass is 9.91. The summed E-state index contributed by atoms with van der Waals surface area (Å²) in [6, 6.07) is 3.90. The number of nitrogens with two attached hydrogens (primary N) is 1. The summed E-state index contributed by atoms with van der Waals surface area (Å²) < 4.78 is 0. The Morgan fingerprint density at radius 2 is 1.87 bits per heavy atom. The zero-order valence-corrected chi connectivity index (χ0v) is 13.4. The maximum atomic E-state index is 12.1. The van der Waals surface area contributed by atoms with Crippen LogP contribution in [0.1, 0.15) is 19.8 Å². The monoisotopic (exact) mass is 320 g/mol. The second-order valence-electron chi connectivity index (χ2n) is 5.92. The van der Waals surface area contributed by atoms with Crippen molar-refractivity contribution in [1.82, 2.24) is 9.88 Å². The first-order valence-electron chi connectivity index (χ1n) is 7.90. The van der Waals surface area contributed by atoms with E-state index in [0.717, 1.165) is 18.8 Å². The fourth-order valence-corrected chi connectivity index (χ4v) is 2.80. The fourth-order valence-electron chi connectivity index (χ4n) is 2.80. The molecule has 0 saturated carbocycles. The van der Waals surface area contributed by atoms with Crippen LogP contribution in [0.4, 0.5) is 5.69 Å². The van der Waals surface area contributed by atoms with E-state index in [2.05, 4.69) is 9.88 Å². The molecule has 1 atom stereocenters. The number of carbonyl (C=O) groups is 2. The van der Waals surface area contributed by atoms with Gasteiger partial charge in [0.1, 0.15) is 0 Å². The molecule has 7 heteroatoms. The average Bonchev–Trinajstić information content (AvgIpc) is 2.56. The minimum Gasteiger partial charge on any atom is -0.479 e. The molecule has 0 spiro atoms. The number of carboxylic acids is 1. The van der Waals surface area contributed by atoms with Crippen molar-refractivity contribution in [1.29, 1.82) is 0 Å². The van der Waals surface area contributed by atoms with E-state index in [1.54, 1.807) is 12.4 Å². The van der Waals surface area contributed by atoms with Gasteiger partial charge in [-0.15, -0.1) is 0 Å². The first kappa shape index (κ1) is 17.4. The lowest BCUT2D eigenvalue weighted by molar-refractivity contribution is -0.149. The van der Waals surface area contributed by atoms with Gasteiger partial charge < -0.3 is 15.7 Å². The van der Waals surface area contributed by atoms with Crippen LogP contribution in [0.25, 0.3) is 0 Å². The molecule has 0 radical (unpaired) electrons. The molecule has 7 nitrogen and oxygen atoms in total. The molecule has 1 aromatic rings. The molecule has 23 heavy (non-hydrogen) atoms. The Morgan fingerprint density at radius 3 is 2.39 bits per heavy atom. The topological polar surface area (TPSA) is 99.8 Å². The molecule has 2 heterocycles. The lowest BCUT2D eigenvalue weighted by Gasteiger charge is -2.38. The van der Waals surface area contributed by atoms with Gasteiger partial charge in [-0.2, -0.15) is 0 Å². The van der Waals surface area contributed by atoms with Crippen molar-refractivity contribution in [3.8, 4) is 0 Å². The van der Waals surface area contributed by atoms with Gasteiger partial charge in [-0.1, -0.05) is 6.92 Å². The molecule has 126 valence electrons. The number of carbonyl (C=O) groups excluding carboxylic acids is 1. The lowest BCUT2D eigenvalue weighted by Crippen LogP contribution is -2.63. The van der Waals surface area contributed by atoms with Crippen LogP contribution in [0.3, 0.4) is 0 Å². The maximum Gasteiger partial charge on any atom is 0.332 e. The quantitative estimate of drug-likeness (QED) is 0.699. The summed E-state index contributed by atoms with van der Waals surface area (Å²) in [5.41, 5.74) is 5.22. The molecule has 0 aliphatic carbocycles. The van der Waals surface area contributed by atoms with Gasteiger partial charge in [-0.3, -0.25) is 14.7 Å². The Morgan fingerprint density at radius 1 is 1.26 bits per heavy atom. The largest absolute Gasteiger partial charge is 0.479 e. The van der Waals surface area contributed by atoms with E-state index in [4.69, 9.17) is 5.73 Å². The first-order valence-corrected chi connectivity index (χ1v) is 7.90. The van der Waals surface area contributed by atoms with E-state index >= 15 is 0 Å². The molecule has 1 aliphatic rings. The molecule has 0 amide bonds. The Hall–Kier alpha value is -1.99. The molecule has 1 saturated heterocycles. The minimum atomic E-state index is -1.81. The van der Waals surface area contributed by atoms with E-state index < -0.39 is 17.3 Å². The maximum absolute atomic E-state index is 12.1. The standard InChI is InChI=1S/C16H24N4O3/c1-2-3-14(21)16(17,15(22)23)12-19-8-10-20(11-9-19)13-4-6-18-7-5-13/h4-7H,2-3,8-12,17H2,1H3,(H,22,23). The highest BCUT2D eigenvalue weighted by molar-refractivity contribution is 6.07. The van der Waals surface area contributed by atoms with Gasteiger partial charge in [0.2, 0.25) is 0 Å². The minimum absolute atomic E-state index is 0.0609. The van der Waals surface area contributed by atoms with Crippen molar-refractivity contribution >= 4 is 17.4 Å². The predicted molar refractivity (Wildman–Crippen MR) is 87.4 cm³/mol. The molecular formula is C16H24N4O3. The van der Waals surface area contributed by atoms with Gasteiger partial charge in [-0.25, -0.2) is 4.79 Å². The summed E-state index contributed by atoms with van der Waals surface area (Å²) in [5.74, 6) is -1.64. The zero-order valence-electron chi connectivity index (χ0n) is 13.4. The van der Waals surface area contributed by atoms with Crippen molar-refractivity contribution < 1.29 is 14.7 Å². The molecule has 0 aromatic carbocycles. The summed E-state index contributed by atoms with van der Waals surface area (Å²) in [6.07, 6.45) is 4.29. The van der Waals surface area contributed by atoms with Gasteiger partial charge in [0.05, 0.1) is 0 Å². The molecule has 0 bridgehead atoms. The van der Waals surface area contributed by atoms with Crippen LogP contribution in [-0.4, -0.2) is 65.0 Å². The molecule has 3 N–H and O–H groups in total. The number of anilines is 1. The highest BCUT2D eigenvalue weighted by Gasteiger charge is 2.43. The summed E-state index contributed by atoms with van der Waals surface area (Å²) in [6.45, 7) is 4.78. The van der Waals surface area contributed by atoms with Crippen LogP contribution < -0.4 is 10.6 Å². The van der Waals surface area contributed by atoms with Crippen LogP contribution in [0, 0.1) is 0 Å². The number of rotatable bonds is 7. The van der Waals surface area contributed by atoms with Crippen molar-refractivity contribution in [2.75, 3.05) is 37.6 Å². The van der Waals surface area contributed by atoms with Gasteiger partial charge in [-0.05, 0) is 18.6 Å². The molecule has 1 fully saturated rings. The molecule has 2 rings (SSSR count). The van der Waals surface area contributed by atoms with Crippen LogP contribution in [0.15, 0.2) is 24.5 Å². The Labute approximate surface area is 136 Å². The SMILES string of the molecule is CCCC(=O)C(N)(CN1CCN(c2ccncc2)CC1)C(=O)O. The summed E-state index contributed by atoms with van der Waals surface area (Å²) >= 11 is 0. The highest BCUT2D eigenvalue weighted by atomic mass is 16.4. The number of carboxylic acid groups (broad SMARTS) is 1. The summed E-state index contributed by atoms with van der Waals surface area (Å²) in [4.78, 5) is 31.8. The van der Waals surface area contributed by atoms with E-state index in [-0.39, 0.29) is 13.0 Å². The number of piperazine rings is 1. The van der Waals surface area contributed by atoms with Gasteiger partial charge >= 0.3 is 5.97 Å². The summed E-state index contributed by atoms with van der Waals surface area (Å²) in [5, 5.41) is 9.40. The molecular weight excluding hydrogens is 296 g/mol. The number of aromatic nitrogens is 1. The third-order valence-corrected chi connectivity index (χ3v) is 4.23. The Balaban J connectivity index is 1.96. The van der Waals surface area contributed by atoms with Crippen molar-refractivity contribution in [2.24, 2.45) is 5.73 Å². The van der Waals surface area contributed by atoms with Gasteiger partial charge in [0, 0.05) is 57.2 Å². The molecule has 1 unspecified atom stereocenters. The van der Waals surface area contributed by atoms with E-state index in [1.165, 1.54) is 0 Å². The first-order chi connectivity index (χ1) is 11.0. The van der Waals surface area contributed by atoms with E-state index in [0.29, 0.717) is 19.5 Å². The smallest absolute Gasteiger partial charge is 0.332 e. The number of aliphatic carboxylic acids is 1. The van der Waals surface area contributed by atoms with Crippen LogP contribution in [0.2, 0.25) is 0 Å². The Bertz CT molecular complexity index is 544. The third kappa shape index (κ3) is 4.05. The average molecular weight is 320 g/mol. The number of hydrogen-bond donors (Lipinski definition) is 2. The van der Waals surface area contributed by atoms with E-state index in [1.807, 2.05) is 24.0 Å². The number of nitrogens with zero attached hydrogens (tertiary/aromatic N) is 3. The van der Waals surface area contributed by atoms with Crippen LogP contribution in [0.5, 0.6) is 0 Å². The van der Waals surface area contributed by atoms with Crippen LogP contribution >= 0.6 is 0 Å². The van der Waals surface area contributed by atoms with E-state index in [9.17, 15) is 14.7 Å².